The second kappa shape index (κ2) is 64.0. The molecule has 0 amide bonds. The van der Waals surface area contributed by atoms with Crippen LogP contribution in [-0.4, -0.2) is 80.3 Å². The van der Waals surface area contributed by atoms with Gasteiger partial charge in [0.05, 0.1) is 29.5 Å². The van der Waals surface area contributed by atoms with E-state index in [0.717, 1.165) is 201 Å². The number of Topliss-reactive ketones (excluding diaryl/α,β-unsaturated/α-hetero) is 4. The molecule has 0 bridgehead atoms. The van der Waals surface area contributed by atoms with Crippen molar-refractivity contribution in [1.82, 2.24) is 0 Å². The lowest BCUT2D eigenvalue weighted by atomic mass is 9.84. The summed E-state index contributed by atoms with van der Waals surface area (Å²) in [4.78, 5) is 45.9. The molecule has 0 heterocycles. The molecule has 8 unspecified atom stereocenters. The van der Waals surface area contributed by atoms with Gasteiger partial charge in [0, 0.05) is 64.2 Å². The van der Waals surface area contributed by atoms with Gasteiger partial charge in [-0.05, 0) is 276 Å². The monoisotopic (exact) mass is 1930 g/mol. The molecule has 21 rings (SSSR count). The van der Waals surface area contributed by atoms with Gasteiger partial charge in [0.1, 0.15) is 29.1 Å². The Morgan fingerprint density at radius 1 is 0.380 bits per heavy atom. The average Bonchev–Trinajstić information content (AvgIpc) is 1.07. The molecular formula is C128H164O14. The van der Waals surface area contributed by atoms with E-state index >= 15 is 0 Å². The van der Waals surface area contributed by atoms with Crippen LogP contribution in [0.2, 0.25) is 0 Å². The van der Waals surface area contributed by atoms with E-state index in [1.54, 1.807) is 18.2 Å². The number of carbonyl (C=O) groups excluding carboxylic acids is 4. The number of fused-ring (bicyclic) bond motifs is 7. The zero-order valence-corrected chi connectivity index (χ0v) is 81.6. The largest absolute Gasteiger partial charge is 0.512 e. The summed E-state index contributed by atoms with van der Waals surface area (Å²) >= 11 is 0. The molecule has 0 radical (unpaired) electrons. The lowest BCUT2D eigenvalue weighted by Crippen LogP contribution is -2.19. The summed E-state index contributed by atoms with van der Waals surface area (Å²) in [5.74, 6) is 5.49. The third kappa shape index (κ3) is 38.5. The Hall–Kier alpha value is -13.5. The minimum atomic E-state index is -0.369. The first-order chi connectivity index (χ1) is 65.1. The predicted octanol–water partition coefficient (Wildman–Crippen LogP) is 33.7. The van der Waals surface area contributed by atoms with Crippen LogP contribution in [0, 0.1) is 43.4 Å². The minimum absolute atomic E-state index is 0. The number of carbonyl (C=O) groups is 4. The molecule has 0 aliphatic heterocycles. The second-order valence-corrected chi connectivity index (χ2v) is 36.0. The number of aliphatic hydroxyl groups excluding tert-OH is 8. The molecule has 0 saturated heterocycles. The summed E-state index contributed by atoms with van der Waals surface area (Å²) in [5.41, 5.74) is 21.7. The summed E-state index contributed by atoms with van der Waals surface area (Å²) in [6, 6.07) is 66.3. The molecule has 12 aliphatic rings. The number of aryl methyl sites for hydroxylation is 3. The van der Waals surface area contributed by atoms with Crippen molar-refractivity contribution in [2.24, 2.45) is 29.6 Å². The van der Waals surface area contributed by atoms with Crippen molar-refractivity contribution in [3.63, 3.8) is 0 Å². The van der Waals surface area contributed by atoms with E-state index in [1.807, 2.05) is 351 Å². The van der Waals surface area contributed by atoms with Gasteiger partial charge in [-0.25, -0.2) is 0 Å². The highest BCUT2D eigenvalue weighted by atomic mass is 16.3. The third-order valence-electron chi connectivity index (χ3n) is 25.0. The van der Waals surface area contributed by atoms with Gasteiger partial charge in [0.15, 0.2) is 23.1 Å². The molecule has 10 N–H and O–H groups in total. The topological polar surface area (TPSA) is 271 Å². The van der Waals surface area contributed by atoms with Gasteiger partial charge in [-0.1, -0.05) is 364 Å². The van der Waals surface area contributed by atoms with Crippen LogP contribution in [0.1, 0.15) is 308 Å². The van der Waals surface area contributed by atoms with Crippen LogP contribution < -0.4 is 0 Å². The number of hydrogen-bond acceptors (Lipinski definition) is 14. The fourth-order valence-corrected chi connectivity index (χ4v) is 15.9. The average molecular weight is 1930 g/mol. The van der Waals surface area contributed by atoms with Crippen LogP contribution in [0.4, 0.5) is 0 Å². The number of aromatic hydroxyl groups is 2. The van der Waals surface area contributed by atoms with Crippen LogP contribution in [0.3, 0.4) is 0 Å². The normalized spacial score (nSPS) is 19.2. The Kier molecular flexibility index (Phi) is 56.2. The first-order valence-corrected chi connectivity index (χ1v) is 47.4. The Morgan fingerprint density at radius 3 is 1.46 bits per heavy atom. The van der Waals surface area contributed by atoms with E-state index in [2.05, 4.69) is 43.4 Å². The molecule has 14 nitrogen and oxygen atoms in total. The number of aliphatic hydroxyl groups is 8. The molecule has 142 heavy (non-hydrogen) atoms. The number of ketones is 4. The molecular weight excluding hydrogens is 1760 g/mol. The molecule has 0 saturated carbocycles. The summed E-state index contributed by atoms with van der Waals surface area (Å²) < 4.78 is 0. The van der Waals surface area contributed by atoms with Crippen LogP contribution in [0.25, 0.3) is 29.0 Å². The van der Waals surface area contributed by atoms with Gasteiger partial charge >= 0.3 is 0 Å². The van der Waals surface area contributed by atoms with E-state index in [-0.39, 0.29) is 92.2 Å². The van der Waals surface area contributed by atoms with Gasteiger partial charge in [0.2, 0.25) is 0 Å². The van der Waals surface area contributed by atoms with Crippen molar-refractivity contribution >= 4 is 52.1 Å². The van der Waals surface area contributed by atoms with Gasteiger partial charge in [-0.15, -0.1) is 0 Å². The lowest BCUT2D eigenvalue weighted by molar-refractivity contribution is 0.0911. The summed E-state index contributed by atoms with van der Waals surface area (Å²) in [5, 5.41) is 93.8. The zero-order valence-electron chi connectivity index (χ0n) is 81.6. The highest BCUT2D eigenvalue weighted by Crippen LogP contribution is 2.37. The second-order valence-electron chi connectivity index (χ2n) is 36.0. The molecule has 0 spiro atoms. The Morgan fingerprint density at radius 2 is 0.937 bits per heavy atom. The number of rotatable bonds is 0. The van der Waals surface area contributed by atoms with Crippen molar-refractivity contribution in [3.05, 3.63) is 443 Å². The standard InChI is InChI=1S/C11H12O.2C11H10O.C10H12O.2C10H10O.C10H8O.6C7H10O.C7H8O.6CH4/c3*1-8-6-7-9-4-2-3-5-10(9)11(8)12;4*1-7-6-8-4-2-3-5-9(8)10(7)11;7*1-6-4-2-3-5-7(6)8;;;;;;/h2-5,8H,6-7H2,1H3;2-7,12H,1H3;2-8H,1H3;2-5,7,10-11H,6H2,1H3;2-5,7H,6H2,1H3;2-6,10-11H,1H3;2-6H,1H3;4-5,8H,2-3H2,1H3;3,5,8H,2,4H2,1H3;3-5,7-8H,2H2,1H3;2,4,8H,3,5H2,1H3;2-3,8H,4-5H2,1H3;2-3,5-6,8H,4H2,1H3;2-5,8H,1H3;6*1H4. The number of para-hydroxylation sites is 1. The fraction of sp³-hybridized carbons (Fsp3) is 0.328. The van der Waals surface area contributed by atoms with Crippen molar-refractivity contribution < 1.29 is 70.2 Å². The van der Waals surface area contributed by atoms with Crippen molar-refractivity contribution in [2.45, 2.75) is 250 Å². The summed E-state index contributed by atoms with van der Waals surface area (Å²) in [6.07, 6.45) is 47.9. The molecule has 760 valence electrons. The van der Waals surface area contributed by atoms with Crippen molar-refractivity contribution in [2.75, 3.05) is 0 Å². The van der Waals surface area contributed by atoms with E-state index in [0.29, 0.717) is 63.7 Å². The molecule has 14 heteroatoms. The lowest BCUT2D eigenvalue weighted by Gasteiger charge is -2.19. The summed E-state index contributed by atoms with van der Waals surface area (Å²) in [7, 11) is 0. The molecule has 0 fully saturated rings. The quantitative estimate of drug-likeness (QED) is 0.0633. The van der Waals surface area contributed by atoms with E-state index < -0.39 is 0 Å². The minimum Gasteiger partial charge on any atom is -0.512 e. The SMILES string of the molecule is C.C.C.C.C.C.CC1=C(O)C=CCC1.CC1=C(O)CC=CC1.CC1=C(O)CCC=C1.CC1=CCC=CC1O.CC1=CCCC=C1O.CC1=Cc2ccccc2C1=O.CC1=Cc2ccccc2C1O.CC1C=Cc2ccccc2C1=O.CC1CC=CC=C1O.CC1CCc2ccccc2C1=O.CC1Cc2ccccc2C1=O.CC1Cc2ccccc2C1O.Cc1ccc2ccccc2c1O.Cc1ccccc1O. The van der Waals surface area contributed by atoms with Crippen molar-refractivity contribution in [1.29, 1.82) is 0 Å². The maximum atomic E-state index is 11.6. The smallest absolute Gasteiger partial charge is 0.189 e. The van der Waals surface area contributed by atoms with Gasteiger partial charge in [-0.3, -0.25) is 19.2 Å². The van der Waals surface area contributed by atoms with E-state index in [9.17, 15) is 34.5 Å². The first kappa shape index (κ1) is 125. The van der Waals surface area contributed by atoms with Gasteiger partial charge < -0.3 is 51.1 Å². The van der Waals surface area contributed by atoms with Crippen LogP contribution in [0.15, 0.2) is 365 Å². The molecule has 0 aromatic heterocycles. The van der Waals surface area contributed by atoms with Gasteiger partial charge in [-0.2, -0.15) is 0 Å². The Balaban J connectivity index is 0.000000517. The number of benzene rings is 9. The first-order valence-electron chi connectivity index (χ1n) is 47.4. The highest BCUT2D eigenvalue weighted by Gasteiger charge is 2.29. The maximum Gasteiger partial charge on any atom is 0.189 e. The zero-order chi connectivity index (χ0) is 98.9. The Bertz CT molecular complexity index is 5960. The van der Waals surface area contributed by atoms with Crippen LogP contribution in [-0.2, 0) is 19.3 Å². The number of hydrogen-bond donors (Lipinski definition) is 10. The van der Waals surface area contributed by atoms with E-state index in [1.165, 1.54) is 16.7 Å². The fourth-order valence-electron chi connectivity index (χ4n) is 15.9. The maximum absolute atomic E-state index is 11.6. The predicted molar refractivity (Wildman–Crippen MR) is 600 cm³/mol. The van der Waals surface area contributed by atoms with Crippen molar-refractivity contribution in [3.8, 4) is 11.5 Å². The highest BCUT2D eigenvalue weighted by molar-refractivity contribution is 6.17. The van der Waals surface area contributed by atoms with Crippen LogP contribution >= 0.6 is 0 Å². The van der Waals surface area contributed by atoms with Crippen LogP contribution in [0.5, 0.6) is 11.5 Å². The summed E-state index contributed by atoms with van der Waals surface area (Å²) in [6.45, 7) is 27.3. The Labute approximate surface area is 851 Å². The molecule has 8 atom stereocenters. The number of phenolic OH excluding ortho intramolecular Hbond substituents is 2. The van der Waals surface area contributed by atoms with Gasteiger partial charge in [0.25, 0.3) is 0 Å². The molecule has 9 aromatic rings. The molecule has 9 aromatic carbocycles. The number of phenols is 2. The van der Waals surface area contributed by atoms with E-state index in [4.69, 9.17) is 35.7 Å². The third-order valence-corrected chi connectivity index (χ3v) is 25.0. The number of allylic oxidation sites excluding steroid dienone is 21. The molecule has 12 aliphatic carbocycles.